The number of hydrogen-bond acceptors (Lipinski definition) is 5. The van der Waals surface area contributed by atoms with Gasteiger partial charge in [0.2, 0.25) is 0 Å². The number of rotatable bonds is 10. The molecular formula is C27H27NO5. The van der Waals surface area contributed by atoms with Crippen molar-refractivity contribution >= 4 is 17.6 Å². The Morgan fingerprint density at radius 2 is 1.67 bits per heavy atom. The minimum absolute atomic E-state index is 0.266. The molecule has 0 spiro atoms. The molecule has 1 amide bonds. The number of para-hydroxylation sites is 1. The standard InChI is InChI=1S/C27H27NO5/c1-4-10-21-16-22(17-24(31-2)26(21)32-3)27(30)33-18-25(29)28-23-14-9-8-13-20(23)15-19-11-6-5-7-12-19/h4-9,11-14,16-17H,1,10,15,18H2,2-3H3,(H,28,29). The van der Waals surface area contributed by atoms with Crippen LogP contribution in [0.1, 0.15) is 27.0 Å². The van der Waals surface area contributed by atoms with Crippen molar-refractivity contribution in [2.24, 2.45) is 0 Å². The number of hydrogen-bond donors (Lipinski definition) is 1. The highest BCUT2D eigenvalue weighted by molar-refractivity contribution is 5.96. The third kappa shape index (κ3) is 6.23. The molecule has 0 fully saturated rings. The third-order valence-electron chi connectivity index (χ3n) is 5.02. The van der Waals surface area contributed by atoms with E-state index in [0.717, 1.165) is 16.7 Å². The molecule has 1 N–H and O–H groups in total. The Morgan fingerprint density at radius 3 is 2.36 bits per heavy atom. The van der Waals surface area contributed by atoms with Gasteiger partial charge in [-0.2, -0.15) is 0 Å². The minimum Gasteiger partial charge on any atom is -0.493 e. The van der Waals surface area contributed by atoms with Crippen molar-refractivity contribution in [3.8, 4) is 11.5 Å². The van der Waals surface area contributed by atoms with E-state index in [1.165, 1.54) is 20.3 Å². The van der Waals surface area contributed by atoms with Gasteiger partial charge in [-0.1, -0.05) is 54.6 Å². The van der Waals surface area contributed by atoms with Gasteiger partial charge in [-0.3, -0.25) is 4.79 Å². The highest BCUT2D eigenvalue weighted by atomic mass is 16.5. The number of carbonyl (C=O) groups excluding carboxylic acids is 2. The zero-order valence-corrected chi connectivity index (χ0v) is 18.8. The first-order chi connectivity index (χ1) is 16.0. The van der Waals surface area contributed by atoms with E-state index in [-0.39, 0.29) is 5.56 Å². The molecule has 0 heterocycles. The first-order valence-electron chi connectivity index (χ1n) is 10.5. The van der Waals surface area contributed by atoms with Gasteiger partial charge in [0.15, 0.2) is 18.1 Å². The van der Waals surface area contributed by atoms with Crippen molar-refractivity contribution < 1.29 is 23.8 Å². The second kappa shape index (κ2) is 11.5. The highest BCUT2D eigenvalue weighted by Crippen LogP contribution is 2.33. The van der Waals surface area contributed by atoms with Crippen molar-refractivity contribution in [1.82, 2.24) is 0 Å². The summed E-state index contributed by atoms with van der Waals surface area (Å²) in [6.07, 6.45) is 2.86. The van der Waals surface area contributed by atoms with Crippen molar-refractivity contribution in [2.75, 3.05) is 26.1 Å². The molecule has 3 aromatic rings. The maximum Gasteiger partial charge on any atom is 0.338 e. The van der Waals surface area contributed by atoms with Crippen LogP contribution in [0.25, 0.3) is 0 Å². The van der Waals surface area contributed by atoms with E-state index in [9.17, 15) is 9.59 Å². The van der Waals surface area contributed by atoms with Crippen LogP contribution in [-0.2, 0) is 22.4 Å². The molecule has 0 radical (unpaired) electrons. The summed E-state index contributed by atoms with van der Waals surface area (Å²) in [7, 11) is 3.02. The van der Waals surface area contributed by atoms with E-state index in [4.69, 9.17) is 14.2 Å². The van der Waals surface area contributed by atoms with Crippen LogP contribution in [-0.4, -0.2) is 32.7 Å². The van der Waals surface area contributed by atoms with Gasteiger partial charge in [-0.05, 0) is 42.2 Å². The van der Waals surface area contributed by atoms with E-state index in [1.54, 1.807) is 12.1 Å². The maximum absolute atomic E-state index is 12.6. The Morgan fingerprint density at radius 1 is 0.939 bits per heavy atom. The Bertz CT molecular complexity index is 1120. The van der Waals surface area contributed by atoms with Crippen molar-refractivity contribution in [3.05, 3.63) is 102 Å². The van der Waals surface area contributed by atoms with Gasteiger partial charge in [0.1, 0.15) is 0 Å². The van der Waals surface area contributed by atoms with Crippen LogP contribution in [0.2, 0.25) is 0 Å². The monoisotopic (exact) mass is 445 g/mol. The van der Waals surface area contributed by atoms with Crippen molar-refractivity contribution in [3.63, 3.8) is 0 Å². The summed E-state index contributed by atoms with van der Waals surface area (Å²) in [6.45, 7) is 3.32. The highest BCUT2D eigenvalue weighted by Gasteiger charge is 2.18. The Kier molecular flexibility index (Phi) is 8.24. The number of allylic oxidation sites excluding steroid dienone is 1. The van der Waals surface area contributed by atoms with E-state index in [0.29, 0.717) is 30.0 Å². The van der Waals surface area contributed by atoms with Crippen LogP contribution in [0.3, 0.4) is 0 Å². The van der Waals surface area contributed by atoms with Crippen LogP contribution in [0.4, 0.5) is 5.69 Å². The lowest BCUT2D eigenvalue weighted by Crippen LogP contribution is -2.21. The van der Waals surface area contributed by atoms with E-state index < -0.39 is 18.5 Å². The van der Waals surface area contributed by atoms with E-state index in [1.807, 2.05) is 54.6 Å². The molecule has 6 nitrogen and oxygen atoms in total. The number of methoxy groups -OCH3 is 2. The smallest absolute Gasteiger partial charge is 0.338 e. The number of nitrogens with one attached hydrogen (secondary N) is 1. The fraction of sp³-hybridized carbons (Fsp3) is 0.185. The van der Waals surface area contributed by atoms with Crippen LogP contribution in [0.15, 0.2) is 79.4 Å². The lowest BCUT2D eigenvalue weighted by Gasteiger charge is -2.14. The zero-order chi connectivity index (χ0) is 23.6. The molecule has 0 aromatic heterocycles. The summed E-state index contributed by atoms with van der Waals surface area (Å²) in [5.74, 6) is -0.116. The molecule has 3 rings (SSSR count). The number of carbonyl (C=O) groups is 2. The summed E-state index contributed by atoms with van der Waals surface area (Å²) < 4.78 is 16.0. The SMILES string of the molecule is C=CCc1cc(C(=O)OCC(=O)Nc2ccccc2Cc2ccccc2)cc(OC)c1OC. The average Bonchev–Trinajstić information content (AvgIpc) is 2.84. The van der Waals surface area contributed by atoms with E-state index in [2.05, 4.69) is 11.9 Å². The van der Waals surface area contributed by atoms with Gasteiger partial charge in [-0.25, -0.2) is 4.79 Å². The van der Waals surface area contributed by atoms with Crippen LogP contribution < -0.4 is 14.8 Å². The molecule has 170 valence electrons. The molecule has 0 unspecified atom stereocenters. The maximum atomic E-state index is 12.6. The normalized spacial score (nSPS) is 10.2. The summed E-state index contributed by atoms with van der Waals surface area (Å²) in [4.78, 5) is 25.1. The molecule has 0 atom stereocenters. The molecule has 0 aliphatic carbocycles. The van der Waals surface area contributed by atoms with Crippen molar-refractivity contribution in [1.29, 1.82) is 0 Å². The van der Waals surface area contributed by atoms with Gasteiger partial charge in [0, 0.05) is 11.3 Å². The molecule has 0 bridgehead atoms. The summed E-state index contributed by atoms with van der Waals surface area (Å²) in [5, 5.41) is 2.84. The average molecular weight is 446 g/mol. The van der Waals surface area contributed by atoms with Gasteiger partial charge in [-0.15, -0.1) is 6.58 Å². The predicted octanol–water partition coefficient (Wildman–Crippen LogP) is 4.82. The number of benzene rings is 3. The molecule has 0 aliphatic heterocycles. The molecule has 33 heavy (non-hydrogen) atoms. The van der Waals surface area contributed by atoms with Crippen molar-refractivity contribution in [2.45, 2.75) is 12.8 Å². The number of ether oxygens (including phenoxy) is 3. The van der Waals surface area contributed by atoms with Crippen LogP contribution >= 0.6 is 0 Å². The largest absolute Gasteiger partial charge is 0.493 e. The van der Waals surface area contributed by atoms with E-state index >= 15 is 0 Å². The number of amides is 1. The second-order valence-corrected chi connectivity index (χ2v) is 7.31. The first kappa shape index (κ1) is 23.6. The lowest BCUT2D eigenvalue weighted by molar-refractivity contribution is -0.119. The Balaban J connectivity index is 1.67. The molecule has 0 aliphatic rings. The number of esters is 1. The third-order valence-corrected chi connectivity index (χ3v) is 5.02. The topological polar surface area (TPSA) is 73.9 Å². The fourth-order valence-electron chi connectivity index (χ4n) is 3.48. The van der Waals surface area contributed by atoms with Gasteiger partial charge < -0.3 is 19.5 Å². The number of anilines is 1. The molecule has 0 saturated carbocycles. The van der Waals surface area contributed by atoms with Gasteiger partial charge >= 0.3 is 5.97 Å². The van der Waals surface area contributed by atoms with Gasteiger partial charge in [0.05, 0.1) is 19.8 Å². The molecule has 0 saturated heterocycles. The van der Waals surface area contributed by atoms with Gasteiger partial charge in [0.25, 0.3) is 5.91 Å². The zero-order valence-electron chi connectivity index (χ0n) is 18.8. The Labute approximate surface area is 193 Å². The summed E-state index contributed by atoms with van der Waals surface area (Å²) in [6, 6.07) is 20.7. The molecule has 6 heteroatoms. The summed E-state index contributed by atoms with van der Waals surface area (Å²) >= 11 is 0. The van der Waals surface area contributed by atoms with Crippen LogP contribution in [0, 0.1) is 0 Å². The predicted molar refractivity (Wildman–Crippen MR) is 128 cm³/mol. The minimum atomic E-state index is -0.631. The Hall–Kier alpha value is -4.06. The quantitative estimate of drug-likeness (QED) is 0.358. The summed E-state index contributed by atoms with van der Waals surface area (Å²) in [5.41, 5.74) is 3.79. The first-order valence-corrected chi connectivity index (χ1v) is 10.5. The lowest BCUT2D eigenvalue weighted by atomic mass is 10.0. The van der Waals surface area contributed by atoms with Crippen LogP contribution in [0.5, 0.6) is 11.5 Å². The second-order valence-electron chi connectivity index (χ2n) is 7.31. The fourth-order valence-corrected chi connectivity index (χ4v) is 3.48. The molecule has 3 aromatic carbocycles. The molecular weight excluding hydrogens is 418 g/mol.